The van der Waals surface area contributed by atoms with Gasteiger partial charge in [0.2, 0.25) is 0 Å². The van der Waals surface area contributed by atoms with Crippen molar-refractivity contribution in [1.82, 2.24) is 0 Å². The van der Waals surface area contributed by atoms with Crippen LogP contribution in [0.1, 0.15) is 25.7 Å². The molecule has 1 aliphatic heterocycles. The van der Waals surface area contributed by atoms with Gasteiger partial charge in [-0.15, -0.1) is 0 Å². The summed E-state index contributed by atoms with van der Waals surface area (Å²) in [5, 5.41) is 22.7. The molecule has 0 atom stereocenters. The van der Waals surface area contributed by atoms with Gasteiger partial charge in [-0.25, -0.2) is 0 Å². The highest BCUT2D eigenvalue weighted by Gasteiger charge is 2.32. The zero-order chi connectivity index (χ0) is 16.3. The molecule has 1 aromatic carbocycles. The van der Waals surface area contributed by atoms with E-state index < -0.39 is 16.1 Å². The van der Waals surface area contributed by atoms with Crippen molar-refractivity contribution in [1.29, 1.82) is 0 Å². The first-order valence-electron chi connectivity index (χ1n) is 6.94. The van der Waals surface area contributed by atoms with Crippen molar-refractivity contribution in [3.8, 4) is 0 Å². The fourth-order valence-corrected chi connectivity index (χ4v) is 2.45. The number of anilines is 1. The zero-order valence-corrected chi connectivity index (χ0v) is 12.4. The molecule has 0 spiro atoms. The minimum absolute atomic E-state index is 0.0155. The summed E-state index contributed by atoms with van der Waals surface area (Å²) >= 11 is 0. The van der Waals surface area contributed by atoms with E-state index in [-0.39, 0.29) is 22.6 Å². The van der Waals surface area contributed by atoms with Crippen molar-refractivity contribution < 1.29 is 19.3 Å². The molecule has 0 bridgehead atoms. The van der Waals surface area contributed by atoms with Crippen LogP contribution in [-0.4, -0.2) is 36.1 Å². The number of benzene rings is 1. The summed E-state index contributed by atoms with van der Waals surface area (Å²) in [7, 11) is 0. The van der Waals surface area contributed by atoms with E-state index in [1.54, 1.807) is 18.7 Å². The molecule has 0 saturated carbocycles. The largest absolute Gasteiger partial charge is 0.361 e. The molecule has 1 fully saturated rings. The van der Waals surface area contributed by atoms with Gasteiger partial charge in [-0.2, -0.15) is 0 Å². The van der Waals surface area contributed by atoms with Crippen LogP contribution in [-0.2, 0) is 9.47 Å². The molecule has 1 saturated heterocycles. The van der Waals surface area contributed by atoms with Crippen molar-refractivity contribution in [3.05, 3.63) is 37.9 Å². The molecule has 2 rings (SSSR count). The minimum Gasteiger partial charge on any atom is -0.361 e. The molecule has 0 N–H and O–H groups in total. The molecular weight excluding hydrogens is 294 g/mol. The van der Waals surface area contributed by atoms with Gasteiger partial charge < -0.3 is 14.4 Å². The van der Waals surface area contributed by atoms with Crippen LogP contribution in [0.25, 0.3) is 0 Å². The number of hydrogen-bond donors (Lipinski definition) is 0. The van der Waals surface area contributed by atoms with Gasteiger partial charge in [0.05, 0.1) is 23.1 Å². The Kier molecular flexibility index (Phi) is 4.88. The first kappa shape index (κ1) is 16.1. The standard InChI is InChI=1S/C13H17N3O6/c1-3-14(4-2)12-10(15(17)18)7-9(8-11(12)16(19)20)13-21-5-6-22-13/h7-8,13H,3-6H2,1-2H3. The maximum atomic E-state index is 11.4. The molecule has 1 heterocycles. The van der Waals surface area contributed by atoms with Crippen molar-refractivity contribution in [2.45, 2.75) is 20.1 Å². The van der Waals surface area contributed by atoms with Crippen molar-refractivity contribution in [2.75, 3.05) is 31.2 Å². The lowest BCUT2D eigenvalue weighted by Crippen LogP contribution is -2.24. The lowest BCUT2D eigenvalue weighted by atomic mass is 10.1. The fourth-order valence-electron chi connectivity index (χ4n) is 2.45. The predicted octanol–water partition coefficient (Wildman–Crippen LogP) is 2.39. The molecule has 9 heteroatoms. The second kappa shape index (κ2) is 6.67. The van der Waals surface area contributed by atoms with E-state index in [0.29, 0.717) is 26.3 Å². The number of nitrogens with zero attached hydrogens (tertiary/aromatic N) is 3. The van der Waals surface area contributed by atoms with Crippen LogP contribution in [0, 0.1) is 20.2 Å². The summed E-state index contributed by atoms with van der Waals surface area (Å²) in [6, 6.07) is 2.58. The van der Waals surface area contributed by atoms with E-state index in [1.807, 2.05) is 0 Å². The third-order valence-electron chi connectivity index (χ3n) is 3.46. The molecule has 0 aromatic heterocycles. The van der Waals surface area contributed by atoms with E-state index in [4.69, 9.17) is 9.47 Å². The van der Waals surface area contributed by atoms with Crippen LogP contribution in [0.15, 0.2) is 12.1 Å². The molecule has 0 radical (unpaired) electrons. The topological polar surface area (TPSA) is 108 Å². The van der Waals surface area contributed by atoms with Crippen LogP contribution >= 0.6 is 0 Å². The second-order valence-electron chi connectivity index (χ2n) is 4.67. The van der Waals surface area contributed by atoms with Gasteiger partial charge in [-0.3, -0.25) is 20.2 Å². The van der Waals surface area contributed by atoms with Gasteiger partial charge in [0, 0.05) is 30.8 Å². The number of hydrogen-bond acceptors (Lipinski definition) is 7. The number of rotatable bonds is 6. The molecule has 120 valence electrons. The summed E-state index contributed by atoms with van der Waals surface area (Å²) in [4.78, 5) is 23.1. The van der Waals surface area contributed by atoms with Crippen molar-refractivity contribution in [2.24, 2.45) is 0 Å². The molecule has 0 aliphatic carbocycles. The molecule has 0 unspecified atom stereocenters. The highest BCUT2D eigenvalue weighted by molar-refractivity contribution is 5.76. The van der Waals surface area contributed by atoms with Gasteiger partial charge in [0.1, 0.15) is 0 Å². The lowest BCUT2D eigenvalue weighted by molar-refractivity contribution is -0.392. The van der Waals surface area contributed by atoms with Gasteiger partial charge in [-0.05, 0) is 13.8 Å². The molecule has 22 heavy (non-hydrogen) atoms. The normalized spacial score (nSPS) is 15.0. The Bertz CT molecular complexity index is 546. The minimum atomic E-state index is -0.803. The monoisotopic (exact) mass is 311 g/mol. The predicted molar refractivity (Wildman–Crippen MR) is 78.0 cm³/mol. The van der Waals surface area contributed by atoms with Crippen molar-refractivity contribution in [3.63, 3.8) is 0 Å². The third kappa shape index (κ3) is 3.00. The Morgan fingerprint density at radius 1 is 1.09 bits per heavy atom. The Labute approximate surface area is 126 Å². The van der Waals surface area contributed by atoms with Gasteiger partial charge in [-0.1, -0.05) is 0 Å². The van der Waals surface area contributed by atoms with E-state index in [2.05, 4.69) is 0 Å². The van der Waals surface area contributed by atoms with Crippen LogP contribution in [0.2, 0.25) is 0 Å². The third-order valence-corrected chi connectivity index (χ3v) is 3.46. The maximum absolute atomic E-state index is 11.4. The SMILES string of the molecule is CCN(CC)c1c([N+](=O)[O-])cc(C2OCCO2)cc1[N+](=O)[O-]. The van der Waals surface area contributed by atoms with E-state index >= 15 is 0 Å². The molecule has 1 aliphatic rings. The summed E-state index contributed by atoms with van der Waals surface area (Å²) in [5.41, 5.74) is -0.326. The average molecular weight is 311 g/mol. The Hall–Kier alpha value is -2.26. The second-order valence-corrected chi connectivity index (χ2v) is 4.67. The van der Waals surface area contributed by atoms with E-state index in [9.17, 15) is 20.2 Å². The van der Waals surface area contributed by atoms with E-state index in [0.717, 1.165) is 0 Å². The lowest BCUT2D eigenvalue weighted by Gasteiger charge is -2.21. The van der Waals surface area contributed by atoms with E-state index in [1.165, 1.54) is 12.1 Å². The summed E-state index contributed by atoms with van der Waals surface area (Å²) in [5.74, 6) is 0. The van der Waals surface area contributed by atoms with Crippen molar-refractivity contribution >= 4 is 17.1 Å². The van der Waals surface area contributed by atoms with Crippen LogP contribution in [0.4, 0.5) is 17.1 Å². The Balaban J connectivity index is 2.64. The molecule has 9 nitrogen and oxygen atoms in total. The maximum Gasteiger partial charge on any atom is 0.300 e. The smallest absolute Gasteiger partial charge is 0.300 e. The Morgan fingerprint density at radius 2 is 1.55 bits per heavy atom. The summed E-state index contributed by atoms with van der Waals surface area (Å²) in [6.45, 7) is 5.12. The first-order chi connectivity index (χ1) is 10.5. The number of ether oxygens (including phenoxy) is 2. The highest BCUT2D eigenvalue weighted by Crippen LogP contribution is 2.41. The van der Waals surface area contributed by atoms with Crippen LogP contribution in [0.3, 0.4) is 0 Å². The molecule has 0 amide bonds. The number of nitro groups is 2. The van der Waals surface area contributed by atoms with Crippen LogP contribution in [0.5, 0.6) is 0 Å². The van der Waals surface area contributed by atoms with Gasteiger partial charge in [0.15, 0.2) is 12.0 Å². The highest BCUT2D eigenvalue weighted by atomic mass is 16.7. The average Bonchev–Trinajstić information content (AvgIpc) is 3.02. The summed E-state index contributed by atoms with van der Waals surface area (Å²) < 4.78 is 10.6. The summed E-state index contributed by atoms with van der Waals surface area (Å²) in [6.07, 6.45) is -0.803. The molecule has 1 aromatic rings. The first-order valence-corrected chi connectivity index (χ1v) is 6.94. The fraction of sp³-hybridized carbons (Fsp3) is 0.538. The zero-order valence-electron chi connectivity index (χ0n) is 12.4. The number of nitro benzene ring substituents is 2. The molecular formula is C13H17N3O6. The quantitative estimate of drug-likeness (QED) is 0.586. The van der Waals surface area contributed by atoms with Gasteiger partial charge in [0.25, 0.3) is 11.4 Å². The van der Waals surface area contributed by atoms with Crippen LogP contribution < -0.4 is 4.90 Å². The Morgan fingerprint density at radius 3 is 1.91 bits per heavy atom. The van der Waals surface area contributed by atoms with Gasteiger partial charge >= 0.3 is 0 Å².